The molecule has 40 heavy (non-hydrogen) atoms. The fourth-order valence-electron chi connectivity index (χ4n) is 8.17. The second-order valence-corrected chi connectivity index (χ2v) is 12.1. The summed E-state index contributed by atoms with van der Waals surface area (Å²) in [7, 11) is 0. The van der Waals surface area contributed by atoms with Gasteiger partial charge in [-0.3, -0.25) is 9.69 Å². The first-order valence-corrected chi connectivity index (χ1v) is 14.0. The molecule has 1 aromatic heterocycles. The van der Waals surface area contributed by atoms with Gasteiger partial charge in [0, 0.05) is 30.0 Å². The quantitative estimate of drug-likeness (QED) is 0.305. The molecule has 5 N–H and O–H groups in total. The Kier molecular flexibility index (Phi) is 4.97. The molecule has 1 saturated heterocycles. The Morgan fingerprint density at radius 3 is 2.85 bits per heavy atom. The lowest BCUT2D eigenvalue weighted by atomic mass is 9.49. The van der Waals surface area contributed by atoms with Gasteiger partial charge in [-0.05, 0) is 61.4 Å². The van der Waals surface area contributed by atoms with E-state index in [2.05, 4.69) is 15.2 Å². The van der Waals surface area contributed by atoms with E-state index in [0.717, 1.165) is 47.3 Å². The fourth-order valence-corrected chi connectivity index (χ4v) is 8.17. The van der Waals surface area contributed by atoms with E-state index in [0.29, 0.717) is 35.7 Å². The van der Waals surface area contributed by atoms with Crippen molar-refractivity contribution in [3.8, 4) is 11.5 Å². The molecule has 2 bridgehead atoms. The van der Waals surface area contributed by atoms with Gasteiger partial charge < -0.3 is 35.1 Å². The van der Waals surface area contributed by atoms with Crippen LogP contribution < -0.4 is 10.1 Å². The Balaban J connectivity index is 1.25. The van der Waals surface area contributed by atoms with E-state index in [1.54, 1.807) is 12.1 Å². The number of rotatable bonds is 7. The minimum absolute atomic E-state index is 0.0664. The van der Waals surface area contributed by atoms with Crippen LogP contribution in [0.4, 0.5) is 5.69 Å². The van der Waals surface area contributed by atoms with Crippen LogP contribution in [0.25, 0.3) is 10.9 Å². The number of aromatic hydroxyl groups is 1. The third-order valence-electron chi connectivity index (χ3n) is 9.93. The number of carboxylic acids is 1. The van der Waals surface area contributed by atoms with Crippen molar-refractivity contribution in [2.45, 2.75) is 55.3 Å². The lowest BCUT2D eigenvalue weighted by Crippen LogP contribution is -2.74. The van der Waals surface area contributed by atoms with Crippen LogP contribution in [0.2, 0.25) is 0 Å². The molecule has 10 heteroatoms. The van der Waals surface area contributed by atoms with Crippen molar-refractivity contribution in [1.82, 2.24) is 9.88 Å². The summed E-state index contributed by atoms with van der Waals surface area (Å²) < 4.78 is 11.6. The van der Waals surface area contributed by atoms with Gasteiger partial charge >= 0.3 is 5.97 Å². The monoisotopic (exact) mass is 545 g/mol. The second-order valence-electron chi connectivity index (χ2n) is 12.1. The molecule has 2 aromatic carbocycles. The highest BCUT2D eigenvalue weighted by Gasteiger charge is 2.72. The van der Waals surface area contributed by atoms with Crippen molar-refractivity contribution in [2.75, 3.05) is 31.6 Å². The molecule has 2 aliphatic heterocycles. The number of nitrogens with zero attached hydrogens (tertiary/aromatic N) is 1. The van der Waals surface area contributed by atoms with Gasteiger partial charge in [0.25, 0.3) is 0 Å². The molecule has 3 aliphatic carbocycles. The van der Waals surface area contributed by atoms with Crippen LogP contribution in [-0.4, -0.2) is 75.0 Å². The maximum absolute atomic E-state index is 12.9. The van der Waals surface area contributed by atoms with E-state index in [1.807, 2.05) is 18.2 Å². The zero-order valence-electron chi connectivity index (χ0n) is 21.9. The van der Waals surface area contributed by atoms with Gasteiger partial charge in [-0.25, -0.2) is 4.79 Å². The first-order valence-electron chi connectivity index (χ1n) is 14.0. The Morgan fingerprint density at radius 1 is 1.20 bits per heavy atom. The van der Waals surface area contributed by atoms with E-state index in [1.165, 1.54) is 12.8 Å². The molecule has 0 radical (unpaired) electrons. The number of hydrogen-bond donors (Lipinski definition) is 5. The van der Waals surface area contributed by atoms with Gasteiger partial charge in [0.1, 0.15) is 13.2 Å². The topological polar surface area (TPSA) is 144 Å². The summed E-state index contributed by atoms with van der Waals surface area (Å²) in [5.41, 5.74) is 3.39. The number of carbonyl (C=O) groups excluding carboxylic acids is 1. The lowest BCUT2D eigenvalue weighted by molar-refractivity contribution is -0.173. The minimum Gasteiger partial charge on any atom is -0.504 e. The van der Waals surface area contributed by atoms with Crippen LogP contribution in [0.3, 0.4) is 0 Å². The molecule has 4 atom stereocenters. The molecule has 3 aromatic rings. The summed E-state index contributed by atoms with van der Waals surface area (Å²) in [5, 5.41) is 36.3. The average molecular weight is 546 g/mol. The molecule has 1 spiro atoms. The number of para-hydroxylation sites is 1. The number of carbonyl (C=O) groups is 2. The van der Waals surface area contributed by atoms with Crippen molar-refractivity contribution >= 4 is 28.5 Å². The third kappa shape index (κ3) is 3.15. The van der Waals surface area contributed by atoms with Crippen molar-refractivity contribution in [3.05, 3.63) is 52.7 Å². The van der Waals surface area contributed by atoms with Crippen LogP contribution in [0.5, 0.6) is 11.5 Å². The Hall–Kier alpha value is -3.60. The standard InChI is InChI=1S/C30H31N3O7/c34-20-7-6-16-10-21-30(38)11-18-17-2-1-3-19(31-22(35)13-39-14-23(36)37)25(17)32-26(18)28-29(30,24(16)27(20)40-28)8-9-33(21)12-15-4-5-15/h1-3,6-7,15,21,28,32,34,38H,4-5,8-14H2,(H,31,35)(H,36,37)/t21?,28-,29?,30+/m0/s1. The number of ether oxygens (including phenoxy) is 2. The number of anilines is 1. The van der Waals surface area contributed by atoms with Gasteiger partial charge in [0.2, 0.25) is 5.91 Å². The van der Waals surface area contributed by atoms with Crippen LogP contribution in [-0.2, 0) is 32.6 Å². The van der Waals surface area contributed by atoms with Crippen LogP contribution in [0.1, 0.15) is 47.8 Å². The van der Waals surface area contributed by atoms with Gasteiger partial charge in [-0.1, -0.05) is 18.2 Å². The lowest BCUT2D eigenvalue weighted by Gasteiger charge is -2.62. The summed E-state index contributed by atoms with van der Waals surface area (Å²) >= 11 is 0. The molecule has 1 amide bonds. The van der Waals surface area contributed by atoms with Gasteiger partial charge in [-0.15, -0.1) is 0 Å². The van der Waals surface area contributed by atoms with Crippen molar-refractivity contribution in [2.24, 2.45) is 5.92 Å². The maximum atomic E-state index is 12.9. The number of aliphatic carboxylic acids is 1. The molecule has 10 nitrogen and oxygen atoms in total. The largest absolute Gasteiger partial charge is 0.504 e. The number of phenols is 1. The van der Waals surface area contributed by atoms with E-state index < -0.39 is 35.6 Å². The number of phenolic OH excluding ortho intramolecular Hbond substituents is 1. The number of hydrogen-bond acceptors (Lipinski definition) is 7. The average Bonchev–Trinajstić information content (AvgIpc) is 3.55. The van der Waals surface area contributed by atoms with E-state index >= 15 is 0 Å². The van der Waals surface area contributed by atoms with Crippen LogP contribution in [0.15, 0.2) is 30.3 Å². The highest BCUT2D eigenvalue weighted by molar-refractivity contribution is 6.02. The number of fused-ring (bicyclic) bond motifs is 4. The number of benzene rings is 2. The Labute approximate surface area is 229 Å². The Morgan fingerprint density at radius 2 is 2.05 bits per heavy atom. The molecular weight excluding hydrogens is 514 g/mol. The number of H-pyrrole nitrogens is 1. The highest BCUT2D eigenvalue weighted by atomic mass is 16.5. The molecule has 5 aliphatic rings. The van der Waals surface area contributed by atoms with Gasteiger partial charge in [-0.2, -0.15) is 0 Å². The van der Waals surface area contributed by atoms with Gasteiger partial charge in [0.15, 0.2) is 17.6 Å². The predicted octanol–water partition coefficient (Wildman–Crippen LogP) is 2.61. The molecule has 1 saturated carbocycles. The number of aromatic nitrogens is 1. The number of piperidine rings is 1. The van der Waals surface area contributed by atoms with E-state index in [9.17, 15) is 19.8 Å². The molecule has 3 heterocycles. The van der Waals surface area contributed by atoms with Crippen molar-refractivity contribution in [3.63, 3.8) is 0 Å². The number of likely N-dealkylation sites (tertiary alicyclic amines) is 1. The maximum Gasteiger partial charge on any atom is 0.329 e. The van der Waals surface area contributed by atoms with Gasteiger partial charge in [0.05, 0.1) is 27.9 Å². The summed E-state index contributed by atoms with van der Waals surface area (Å²) in [5.74, 6) is -0.333. The summed E-state index contributed by atoms with van der Waals surface area (Å²) in [6.45, 7) is 0.927. The van der Waals surface area contributed by atoms with Crippen LogP contribution in [0, 0.1) is 5.92 Å². The summed E-state index contributed by atoms with van der Waals surface area (Å²) in [6, 6.07) is 9.25. The Bertz CT molecular complexity index is 1600. The molecular formula is C30H31N3O7. The summed E-state index contributed by atoms with van der Waals surface area (Å²) in [4.78, 5) is 29.3. The molecule has 8 rings (SSSR count). The van der Waals surface area contributed by atoms with E-state index in [4.69, 9.17) is 14.6 Å². The van der Waals surface area contributed by atoms with Crippen LogP contribution >= 0.6 is 0 Å². The normalized spacial score (nSPS) is 29.5. The minimum atomic E-state index is -1.14. The fraction of sp³-hybridized carbons (Fsp3) is 0.467. The number of carboxylic acid groups (broad SMARTS) is 1. The second kappa shape index (κ2) is 8.22. The summed E-state index contributed by atoms with van der Waals surface area (Å²) in [6.07, 6.45) is 3.84. The van der Waals surface area contributed by atoms with Crippen molar-refractivity contribution < 1.29 is 34.4 Å². The zero-order chi connectivity index (χ0) is 27.4. The van der Waals surface area contributed by atoms with E-state index in [-0.39, 0.29) is 18.4 Å². The number of nitrogens with one attached hydrogen (secondary N) is 2. The number of amides is 1. The highest BCUT2D eigenvalue weighted by Crippen LogP contribution is 2.69. The predicted molar refractivity (Wildman–Crippen MR) is 144 cm³/mol. The third-order valence-corrected chi connectivity index (χ3v) is 9.93. The molecule has 2 unspecified atom stereocenters. The van der Waals surface area contributed by atoms with Crippen molar-refractivity contribution in [1.29, 1.82) is 0 Å². The first-order chi connectivity index (χ1) is 19.3. The zero-order valence-corrected chi connectivity index (χ0v) is 21.9. The number of aliphatic hydroxyl groups is 1. The number of aromatic amines is 1. The SMILES string of the molecule is O=C(O)COCC(=O)Nc1cccc2c3c([nH]c12)[C@@H]1Oc2c(O)ccc4c2C12CCN(CC1CC1)C(C4)[C@]2(O)C3. The first kappa shape index (κ1) is 24.2. The molecule has 2 fully saturated rings. The smallest absolute Gasteiger partial charge is 0.329 e. The molecule has 208 valence electrons.